The molecule has 2 amide bonds. The van der Waals surface area contributed by atoms with E-state index in [1.165, 1.54) is 19.1 Å². The maximum Gasteiger partial charge on any atom is 0.279 e. The Balaban J connectivity index is 1.47. The summed E-state index contributed by atoms with van der Waals surface area (Å²) in [6.07, 6.45) is 1.68. The van der Waals surface area contributed by atoms with E-state index in [-0.39, 0.29) is 11.6 Å². The van der Waals surface area contributed by atoms with E-state index in [9.17, 15) is 14.0 Å². The third-order valence-electron chi connectivity index (χ3n) is 4.70. The van der Waals surface area contributed by atoms with Crippen molar-refractivity contribution >= 4 is 23.3 Å². The number of ether oxygens (including phenoxy) is 1. The number of nitrogens with one attached hydrogen (secondary N) is 2. The van der Waals surface area contributed by atoms with Gasteiger partial charge in [-0.05, 0) is 49.2 Å². The first-order chi connectivity index (χ1) is 13.8. The molecule has 148 valence electrons. The monoisotopic (exact) mass is 394 g/mol. The van der Waals surface area contributed by atoms with E-state index in [1.54, 1.807) is 41.2 Å². The van der Waals surface area contributed by atoms with Crippen LogP contribution < -0.4 is 15.4 Å². The van der Waals surface area contributed by atoms with Gasteiger partial charge in [0.2, 0.25) is 0 Å². The van der Waals surface area contributed by atoms with Crippen LogP contribution in [-0.2, 0) is 16.1 Å². The summed E-state index contributed by atoms with van der Waals surface area (Å²) in [7, 11) is 0. The zero-order chi connectivity index (χ0) is 20.6. The average Bonchev–Trinajstić information content (AvgIpc) is 3.11. The Labute approximate surface area is 166 Å². The molecule has 2 heterocycles. The molecule has 0 aliphatic carbocycles. The van der Waals surface area contributed by atoms with Crippen LogP contribution in [0.3, 0.4) is 0 Å². The molecule has 3 aromatic rings. The molecule has 1 atom stereocenters. The van der Waals surface area contributed by atoms with Gasteiger partial charge in [0.15, 0.2) is 5.82 Å². The molecule has 4 rings (SSSR count). The number of halogens is 1. The molecule has 1 unspecified atom stereocenters. The molecule has 1 aliphatic rings. The molecule has 0 saturated heterocycles. The first kappa shape index (κ1) is 18.7. The molecule has 0 radical (unpaired) electrons. The Kier molecular flexibility index (Phi) is 4.54. The highest BCUT2D eigenvalue weighted by atomic mass is 19.1. The fourth-order valence-electron chi connectivity index (χ4n) is 3.02. The zero-order valence-electron chi connectivity index (χ0n) is 15.9. The van der Waals surface area contributed by atoms with Crippen LogP contribution in [0.5, 0.6) is 5.75 Å². The van der Waals surface area contributed by atoms with Crippen molar-refractivity contribution in [3.8, 4) is 5.75 Å². The fourth-order valence-corrected chi connectivity index (χ4v) is 3.02. The number of carbonyl (C=O) groups excluding carboxylic acids is 2. The van der Waals surface area contributed by atoms with Gasteiger partial charge in [0.25, 0.3) is 17.4 Å². The highest BCUT2D eigenvalue weighted by molar-refractivity contribution is 6.18. The molecule has 0 spiro atoms. The van der Waals surface area contributed by atoms with Crippen molar-refractivity contribution in [3.63, 3.8) is 0 Å². The maximum atomic E-state index is 13.0. The van der Waals surface area contributed by atoms with E-state index >= 15 is 0 Å². The number of carbonyl (C=O) groups is 2. The van der Waals surface area contributed by atoms with Crippen molar-refractivity contribution in [2.24, 2.45) is 0 Å². The molecule has 2 N–H and O–H groups in total. The van der Waals surface area contributed by atoms with Crippen LogP contribution in [0.4, 0.5) is 15.9 Å². The van der Waals surface area contributed by atoms with Crippen molar-refractivity contribution < 1.29 is 18.7 Å². The van der Waals surface area contributed by atoms with Gasteiger partial charge in [-0.1, -0.05) is 18.2 Å². The van der Waals surface area contributed by atoms with E-state index in [0.29, 0.717) is 18.0 Å². The van der Waals surface area contributed by atoms with E-state index in [2.05, 4.69) is 15.7 Å². The predicted molar refractivity (Wildman–Crippen MR) is 105 cm³/mol. The minimum atomic E-state index is -1.73. The largest absolute Gasteiger partial charge is 0.466 e. The van der Waals surface area contributed by atoms with E-state index < -0.39 is 17.4 Å². The zero-order valence-corrected chi connectivity index (χ0v) is 15.9. The third-order valence-corrected chi connectivity index (χ3v) is 4.70. The highest BCUT2D eigenvalue weighted by Gasteiger charge is 2.47. The van der Waals surface area contributed by atoms with Gasteiger partial charge in [0, 0.05) is 12.3 Å². The van der Waals surface area contributed by atoms with Crippen molar-refractivity contribution in [1.29, 1.82) is 0 Å². The van der Waals surface area contributed by atoms with Crippen LogP contribution in [0, 0.1) is 12.7 Å². The molecule has 1 aliphatic heterocycles. The standard InChI is InChI=1S/C21H19FN4O3/c1-13-3-8-17-16(11-13)23-19(27)21(2,29-17)20(28)24-18-9-10-26(25-18)12-14-4-6-15(22)7-5-14/h3-11H,12H2,1-2H3,(H,23,27)(H,24,25,28). The van der Waals surface area contributed by atoms with Gasteiger partial charge in [0.1, 0.15) is 11.6 Å². The lowest BCUT2D eigenvalue weighted by Gasteiger charge is -2.33. The predicted octanol–water partition coefficient (Wildman–Crippen LogP) is 3.11. The molecule has 0 fully saturated rings. The third kappa shape index (κ3) is 3.69. The number of hydrogen-bond donors (Lipinski definition) is 2. The first-order valence-electron chi connectivity index (χ1n) is 9.04. The van der Waals surface area contributed by atoms with Crippen molar-refractivity contribution in [2.45, 2.75) is 26.0 Å². The number of nitrogens with zero attached hydrogens (tertiary/aromatic N) is 2. The summed E-state index contributed by atoms with van der Waals surface area (Å²) in [5.41, 5.74) is 0.626. The molecule has 8 heteroatoms. The maximum absolute atomic E-state index is 13.0. The van der Waals surface area contributed by atoms with Crippen LogP contribution >= 0.6 is 0 Å². The van der Waals surface area contributed by atoms with Gasteiger partial charge in [-0.25, -0.2) is 4.39 Å². The molecule has 7 nitrogen and oxygen atoms in total. The Morgan fingerprint density at radius 3 is 2.76 bits per heavy atom. The number of aromatic nitrogens is 2. The topological polar surface area (TPSA) is 85.3 Å². The Bertz CT molecular complexity index is 1090. The van der Waals surface area contributed by atoms with Gasteiger partial charge in [-0.15, -0.1) is 0 Å². The lowest BCUT2D eigenvalue weighted by molar-refractivity contribution is -0.143. The second-order valence-electron chi connectivity index (χ2n) is 7.07. The molecular formula is C21H19FN4O3. The van der Waals surface area contributed by atoms with Gasteiger partial charge in [-0.2, -0.15) is 5.10 Å². The average molecular weight is 394 g/mol. The number of rotatable bonds is 4. The molecule has 2 aromatic carbocycles. The minimum Gasteiger partial charge on any atom is -0.466 e. The van der Waals surface area contributed by atoms with Crippen LogP contribution in [0.1, 0.15) is 18.1 Å². The van der Waals surface area contributed by atoms with Crippen molar-refractivity contribution in [3.05, 3.63) is 71.7 Å². The smallest absolute Gasteiger partial charge is 0.279 e. The van der Waals surface area contributed by atoms with Crippen molar-refractivity contribution in [2.75, 3.05) is 10.6 Å². The second-order valence-corrected chi connectivity index (χ2v) is 7.07. The molecular weight excluding hydrogens is 375 g/mol. The molecule has 29 heavy (non-hydrogen) atoms. The summed E-state index contributed by atoms with van der Waals surface area (Å²) in [5.74, 6) is -0.788. The Hall–Kier alpha value is -3.68. The van der Waals surface area contributed by atoms with Crippen LogP contribution in [0.25, 0.3) is 0 Å². The number of anilines is 2. The lowest BCUT2D eigenvalue weighted by atomic mass is 10.0. The first-order valence-corrected chi connectivity index (χ1v) is 9.04. The second kappa shape index (κ2) is 7.05. The van der Waals surface area contributed by atoms with Gasteiger partial charge in [-0.3, -0.25) is 14.3 Å². The normalized spacial score (nSPS) is 17.8. The summed E-state index contributed by atoms with van der Waals surface area (Å²) >= 11 is 0. The quantitative estimate of drug-likeness (QED) is 0.666. The summed E-state index contributed by atoms with van der Waals surface area (Å²) in [6, 6.07) is 13.0. The van der Waals surface area contributed by atoms with E-state index in [0.717, 1.165) is 11.1 Å². The number of fused-ring (bicyclic) bond motifs is 1. The summed E-state index contributed by atoms with van der Waals surface area (Å²) in [6.45, 7) is 3.72. The summed E-state index contributed by atoms with van der Waals surface area (Å²) < 4.78 is 20.4. The number of amides is 2. The summed E-state index contributed by atoms with van der Waals surface area (Å²) in [4.78, 5) is 25.3. The molecule has 1 aromatic heterocycles. The van der Waals surface area contributed by atoms with Crippen molar-refractivity contribution in [1.82, 2.24) is 9.78 Å². The van der Waals surface area contributed by atoms with Gasteiger partial charge >= 0.3 is 0 Å². The molecule has 0 saturated carbocycles. The van der Waals surface area contributed by atoms with Gasteiger partial charge < -0.3 is 15.4 Å². The van der Waals surface area contributed by atoms with Crippen LogP contribution in [-0.4, -0.2) is 27.2 Å². The fraction of sp³-hybridized carbons (Fsp3) is 0.190. The lowest BCUT2D eigenvalue weighted by Crippen LogP contribution is -2.56. The van der Waals surface area contributed by atoms with E-state index in [4.69, 9.17) is 4.74 Å². The number of hydrogen-bond acceptors (Lipinski definition) is 4. The highest BCUT2D eigenvalue weighted by Crippen LogP contribution is 2.34. The molecule has 0 bridgehead atoms. The summed E-state index contributed by atoms with van der Waals surface area (Å²) in [5, 5.41) is 9.62. The van der Waals surface area contributed by atoms with Crippen LogP contribution in [0.15, 0.2) is 54.7 Å². The Morgan fingerprint density at radius 2 is 2.00 bits per heavy atom. The number of aryl methyl sites for hydroxylation is 1. The van der Waals surface area contributed by atoms with Gasteiger partial charge in [0.05, 0.1) is 12.2 Å². The number of benzene rings is 2. The minimum absolute atomic E-state index is 0.282. The van der Waals surface area contributed by atoms with Crippen LogP contribution in [0.2, 0.25) is 0 Å². The van der Waals surface area contributed by atoms with E-state index in [1.807, 2.05) is 13.0 Å². The Morgan fingerprint density at radius 1 is 1.24 bits per heavy atom. The SMILES string of the molecule is Cc1ccc2c(c1)NC(=O)C(C)(C(=O)Nc1ccn(Cc3ccc(F)cc3)n1)O2.